The third-order valence-corrected chi connectivity index (χ3v) is 6.56. The number of hydrogen-bond acceptors (Lipinski definition) is 5. The number of halogens is 2. The zero-order valence-electron chi connectivity index (χ0n) is 16.1. The van der Waals surface area contributed by atoms with Gasteiger partial charge in [-0.25, -0.2) is 22.4 Å². The predicted molar refractivity (Wildman–Crippen MR) is 105 cm³/mol. The Bertz CT molecular complexity index is 1100. The van der Waals surface area contributed by atoms with E-state index in [0.717, 1.165) is 8.61 Å². The van der Waals surface area contributed by atoms with Crippen LogP contribution in [0.15, 0.2) is 30.3 Å². The van der Waals surface area contributed by atoms with E-state index in [1.54, 1.807) is 0 Å². The first-order valence-electron chi connectivity index (χ1n) is 9.04. The maximum atomic E-state index is 13.3. The van der Waals surface area contributed by atoms with Crippen molar-refractivity contribution in [3.8, 4) is 23.1 Å². The van der Waals surface area contributed by atoms with Crippen molar-refractivity contribution in [2.75, 3.05) is 22.2 Å². The van der Waals surface area contributed by atoms with E-state index in [4.69, 9.17) is 0 Å². The van der Waals surface area contributed by atoms with Crippen LogP contribution in [-0.2, 0) is 10.2 Å². The van der Waals surface area contributed by atoms with Crippen LogP contribution in [0.25, 0.3) is 11.3 Å². The number of alkyl halides is 2. The molecule has 1 aromatic heterocycles. The zero-order chi connectivity index (χ0) is 21.6. The number of aromatic nitrogens is 1. The second-order valence-electron chi connectivity index (χ2n) is 6.55. The van der Waals surface area contributed by atoms with Crippen LogP contribution in [-0.4, -0.2) is 38.0 Å². The van der Waals surface area contributed by atoms with Crippen LogP contribution in [0, 0.1) is 17.2 Å². The number of benzene rings is 1. The van der Waals surface area contributed by atoms with Crippen LogP contribution in [0.1, 0.15) is 25.8 Å². The number of anilines is 2. The maximum Gasteiger partial charge on any atom is 0.327 e. The first-order chi connectivity index (χ1) is 13.6. The molecule has 154 valence electrons. The molecule has 0 saturated heterocycles. The molecule has 1 aliphatic carbocycles. The Hall–Kier alpha value is -2.93. The Morgan fingerprint density at radius 1 is 1.31 bits per heavy atom. The van der Waals surface area contributed by atoms with E-state index in [9.17, 15) is 27.6 Å². The minimum absolute atomic E-state index is 0.0649. The molecule has 7 nitrogen and oxygen atoms in total. The van der Waals surface area contributed by atoms with Crippen molar-refractivity contribution in [3.63, 3.8) is 0 Å². The topological polar surface area (TPSA) is 97.5 Å². The molecule has 2 aromatic rings. The van der Waals surface area contributed by atoms with E-state index < -0.39 is 22.0 Å². The molecule has 1 N–H and O–H groups in total. The number of phenolic OH excluding ortho intramolecular Hbond substituents is 1. The average molecular weight is 422 g/mol. The van der Waals surface area contributed by atoms with Gasteiger partial charge in [0.2, 0.25) is 0 Å². The summed E-state index contributed by atoms with van der Waals surface area (Å²) in [5.74, 6) is -3.83. The van der Waals surface area contributed by atoms with Crippen LogP contribution >= 0.6 is 0 Å². The number of rotatable bonds is 3. The Kier molecular flexibility index (Phi) is 5.13. The van der Waals surface area contributed by atoms with Gasteiger partial charge in [-0.05, 0) is 30.3 Å². The van der Waals surface area contributed by atoms with Gasteiger partial charge in [-0.1, -0.05) is 13.8 Å². The highest BCUT2D eigenvalue weighted by Crippen LogP contribution is 2.51. The van der Waals surface area contributed by atoms with E-state index in [1.807, 2.05) is 19.9 Å². The second-order valence-corrected chi connectivity index (χ2v) is 8.43. The lowest BCUT2D eigenvalue weighted by atomic mass is 10.0. The fourth-order valence-corrected chi connectivity index (χ4v) is 4.51. The van der Waals surface area contributed by atoms with Gasteiger partial charge in [0.1, 0.15) is 5.75 Å². The standard InChI is InChI=1S/C17H14F2N4O3S.C2H6/c1-22-16-15(23(27(22,25)26)9-11-7-17(11,18)19)5-4-14(21-16)13-6-12(24)3-2-10(13)8-20;1-2/h2-6,11,24H,7,9H2,1H3;1-2H3. The summed E-state index contributed by atoms with van der Waals surface area (Å²) in [6.07, 6.45) is -0.335. The van der Waals surface area contributed by atoms with E-state index >= 15 is 0 Å². The predicted octanol–water partition coefficient (Wildman–Crippen LogP) is 3.51. The molecule has 29 heavy (non-hydrogen) atoms. The summed E-state index contributed by atoms with van der Waals surface area (Å²) < 4.78 is 53.7. The van der Waals surface area contributed by atoms with Gasteiger partial charge in [-0.15, -0.1) is 0 Å². The molecule has 2 heterocycles. The van der Waals surface area contributed by atoms with Gasteiger partial charge < -0.3 is 5.11 Å². The molecule has 1 unspecified atom stereocenters. The average Bonchev–Trinajstić information content (AvgIpc) is 3.26. The number of nitriles is 1. The highest BCUT2D eigenvalue weighted by Gasteiger charge is 2.59. The second kappa shape index (κ2) is 7.15. The van der Waals surface area contributed by atoms with Crippen LogP contribution in [0.4, 0.5) is 20.3 Å². The van der Waals surface area contributed by atoms with Gasteiger partial charge in [0.05, 0.1) is 23.0 Å². The summed E-state index contributed by atoms with van der Waals surface area (Å²) in [5, 5.41) is 18.9. The largest absolute Gasteiger partial charge is 0.508 e. The van der Waals surface area contributed by atoms with Crippen molar-refractivity contribution >= 4 is 21.7 Å². The number of nitrogens with zero attached hydrogens (tertiary/aromatic N) is 4. The Balaban J connectivity index is 0.00000117. The van der Waals surface area contributed by atoms with Crippen LogP contribution in [0.2, 0.25) is 0 Å². The van der Waals surface area contributed by atoms with Crippen LogP contribution < -0.4 is 8.61 Å². The molecule has 1 aliphatic heterocycles. The molecule has 0 radical (unpaired) electrons. The SMILES string of the molecule is CC.CN1c2nc(-c3cc(O)ccc3C#N)ccc2N(CC2CC2(F)F)S1(=O)=O. The number of pyridine rings is 1. The monoisotopic (exact) mass is 422 g/mol. The van der Waals surface area contributed by atoms with Crippen molar-refractivity contribution in [1.82, 2.24) is 4.98 Å². The van der Waals surface area contributed by atoms with Gasteiger partial charge >= 0.3 is 10.2 Å². The fourth-order valence-electron chi connectivity index (χ4n) is 3.10. The molecule has 4 rings (SSSR count). The summed E-state index contributed by atoms with van der Waals surface area (Å²) in [5.41, 5.74) is 1.11. The Labute approximate surface area is 168 Å². The number of aromatic hydroxyl groups is 1. The number of fused-ring (bicyclic) bond motifs is 1. The van der Waals surface area contributed by atoms with Crippen molar-refractivity contribution < 1.29 is 22.3 Å². The molecule has 1 saturated carbocycles. The van der Waals surface area contributed by atoms with Gasteiger partial charge in [0.15, 0.2) is 5.82 Å². The third kappa shape index (κ3) is 3.46. The van der Waals surface area contributed by atoms with Gasteiger partial charge in [-0.2, -0.15) is 13.7 Å². The summed E-state index contributed by atoms with van der Waals surface area (Å²) in [7, 11) is -2.70. The molecule has 0 amide bonds. The minimum Gasteiger partial charge on any atom is -0.508 e. The van der Waals surface area contributed by atoms with E-state index in [2.05, 4.69) is 4.98 Å². The van der Waals surface area contributed by atoms with Crippen molar-refractivity contribution in [2.24, 2.45) is 5.92 Å². The van der Waals surface area contributed by atoms with E-state index in [-0.39, 0.29) is 35.8 Å². The molecule has 0 bridgehead atoms. The van der Waals surface area contributed by atoms with Crippen molar-refractivity contribution in [1.29, 1.82) is 5.26 Å². The molecule has 1 atom stereocenters. The van der Waals surface area contributed by atoms with Crippen LogP contribution in [0.3, 0.4) is 0 Å². The maximum absolute atomic E-state index is 13.3. The summed E-state index contributed by atoms with van der Waals surface area (Å²) in [6, 6.07) is 9.13. The Morgan fingerprint density at radius 2 is 1.97 bits per heavy atom. The fraction of sp³-hybridized carbons (Fsp3) is 0.368. The molecule has 10 heteroatoms. The van der Waals surface area contributed by atoms with Gasteiger partial charge in [0.25, 0.3) is 5.92 Å². The highest BCUT2D eigenvalue weighted by atomic mass is 32.2. The van der Waals surface area contributed by atoms with Crippen molar-refractivity contribution in [3.05, 3.63) is 35.9 Å². The molecular formula is C19H20F2N4O3S. The van der Waals surface area contributed by atoms with E-state index in [0.29, 0.717) is 11.3 Å². The first kappa shape index (κ1) is 20.8. The molecule has 2 aliphatic rings. The van der Waals surface area contributed by atoms with Crippen molar-refractivity contribution in [2.45, 2.75) is 26.2 Å². The zero-order valence-corrected chi connectivity index (χ0v) is 16.9. The molecule has 0 spiro atoms. The normalized spacial score (nSPS) is 20.3. The first-order valence-corrected chi connectivity index (χ1v) is 10.4. The van der Waals surface area contributed by atoms with Gasteiger partial charge in [-0.3, -0.25) is 0 Å². The molecule has 1 aromatic carbocycles. The highest BCUT2D eigenvalue weighted by molar-refractivity contribution is 7.94. The summed E-state index contributed by atoms with van der Waals surface area (Å²) in [4.78, 5) is 4.32. The summed E-state index contributed by atoms with van der Waals surface area (Å²) in [6.45, 7) is 3.68. The Morgan fingerprint density at radius 3 is 2.55 bits per heavy atom. The minimum atomic E-state index is -4.00. The van der Waals surface area contributed by atoms with E-state index in [1.165, 1.54) is 37.4 Å². The lowest BCUT2D eigenvalue weighted by Gasteiger charge is -2.18. The number of hydrogen-bond donors (Lipinski definition) is 1. The smallest absolute Gasteiger partial charge is 0.327 e. The quantitative estimate of drug-likeness (QED) is 0.816. The third-order valence-electron chi connectivity index (χ3n) is 4.79. The van der Waals surface area contributed by atoms with Crippen LogP contribution in [0.5, 0.6) is 5.75 Å². The lowest BCUT2D eigenvalue weighted by molar-refractivity contribution is 0.101. The lowest BCUT2D eigenvalue weighted by Crippen LogP contribution is -2.37. The summed E-state index contributed by atoms with van der Waals surface area (Å²) >= 11 is 0. The molecule has 1 fully saturated rings. The number of phenols is 1. The van der Waals surface area contributed by atoms with Gasteiger partial charge in [0, 0.05) is 31.5 Å². The molecular weight excluding hydrogens is 402 g/mol.